The van der Waals surface area contributed by atoms with Gasteiger partial charge in [0.1, 0.15) is 11.5 Å². The van der Waals surface area contributed by atoms with Gasteiger partial charge in [-0.3, -0.25) is 4.90 Å². The Kier molecular flexibility index (Phi) is 13.0. The highest BCUT2D eigenvalue weighted by Crippen LogP contribution is 2.26. The second kappa shape index (κ2) is 14.6. The van der Waals surface area contributed by atoms with Crippen molar-refractivity contribution in [2.75, 3.05) is 46.5 Å². The number of benzene rings is 1. The van der Waals surface area contributed by atoms with Crippen LogP contribution in [0.2, 0.25) is 0 Å². The molecule has 31 heavy (non-hydrogen) atoms. The second-order valence-corrected chi connectivity index (χ2v) is 7.39. The van der Waals surface area contributed by atoms with Gasteiger partial charge in [-0.05, 0) is 31.0 Å². The Labute approximate surface area is 200 Å². The third-order valence-electron chi connectivity index (χ3n) is 5.00. The number of guanidine groups is 1. The lowest BCUT2D eigenvalue weighted by atomic mass is 10.0. The molecule has 178 valence electrons. The standard InChI is InChI=1S/C21H34F2N4O3.HI/c1-5-24-21(26-14-18(15(2)3)27-8-10-29-11-9-27)25-13-16-12-17(28-4)6-7-19(16)30-20(22)23;/h6-7,12,15,18,20H,5,8-11,13-14H2,1-4H3,(H2,24,25,26);1H. The van der Waals surface area contributed by atoms with Crippen LogP contribution in [0.25, 0.3) is 0 Å². The number of nitrogens with one attached hydrogen (secondary N) is 2. The molecule has 1 unspecified atom stereocenters. The first-order valence-electron chi connectivity index (χ1n) is 10.4. The van der Waals surface area contributed by atoms with E-state index in [0.717, 1.165) is 32.8 Å². The zero-order chi connectivity index (χ0) is 21.9. The fraction of sp³-hybridized carbons (Fsp3) is 0.667. The van der Waals surface area contributed by atoms with E-state index >= 15 is 0 Å². The summed E-state index contributed by atoms with van der Waals surface area (Å²) in [5, 5.41) is 6.61. The van der Waals surface area contributed by atoms with Gasteiger partial charge in [-0.25, -0.2) is 4.99 Å². The van der Waals surface area contributed by atoms with Crippen LogP contribution in [0.15, 0.2) is 23.2 Å². The predicted octanol–water partition coefficient (Wildman–Crippen LogP) is 3.33. The summed E-state index contributed by atoms with van der Waals surface area (Å²) in [5.41, 5.74) is 0.528. The van der Waals surface area contributed by atoms with Gasteiger partial charge in [0.2, 0.25) is 0 Å². The van der Waals surface area contributed by atoms with Crippen LogP contribution in [0.3, 0.4) is 0 Å². The molecule has 7 nitrogen and oxygen atoms in total. The first-order valence-corrected chi connectivity index (χ1v) is 10.4. The lowest BCUT2D eigenvalue weighted by Crippen LogP contribution is -2.52. The highest BCUT2D eigenvalue weighted by atomic mass is 127. The molecule has 10 heteroatoms. The Morgan fingerprint density at radius 3 is 2.52 bits per heavy atom. The number of halogens is 3. The van der Waals surface area contributed by atoms with Crippen molar-refractivity contribution in [3.05, 3.63) is 23.8 Å². The maximum atomic E-state index is 12.7. The van der Waals surface area contributed by atoms with E-state index < -0.39 is 6.61 Å². The molecular weight excluding hydrogens is 521 g/mol. The zero-order valence-corrected chi connectivity index (χ0v) is 21.0. The SMILES string of the molecule is CCNC(=NCc1cc(OC)ccc1OC(F)F)NCC(C(C)C)N1CCOCC1.I. The largest absolute Gasteiger partial charge is 0.497 e. The molecule has 1 fully saturated rings. The van der Waals surface area contributed by atoms with E-state index in [0.29, 0.717) is 35.8 Å². The van der Waals surface area contributed by atoms with Crippen LogP contribution in [0.5, 0.6) is 11.5 Å². The predicted molar refractivity (Wildman–Crippen MR) is 129 cm³/mol. The minimum Gasteiger partial charge on any atom is -0.497 e. The molecule has 0 radical (unpaired) electrons. The summed E-state index contributed by atoms with van der Waals surface area (Å²) >= 11 is 0. The van der Waals surface area contributed by atoms with E-state index in [4.69, 9.17) is 9.47 Å². The molecule has 0 amide bonds. The number of ether oxygens (including phenoxy) is 3. The number of aliphatic imine (C=N–C) groups is 1. The molecule has 1 saturated heterocycles. The minimum atomic E-state index is -2.90. The van der Waals surface area contributed by atoms with Crippen molar-refractivity contribution in [3.63, 3.8) is 0 Å². The molecule has 1 aliphatic heterocycles. The van der Waals surface area contributed by atoms with Crippen LogP contribution in [0, 0.1) is 5.92 Å². The Bertz CT molecular complexity index is 674. The highest BCUT2D eigenvalue weighted by Gasteiger charge is 2.24. The van der Waals surface area contributed by atoms with Crippen molar-refractivity contribution in [2.24, 2.45) is 10.9 Å². The van der Waals surface area contributed by atoms with E-state index in [-0.39, 0.29) is 36.3 Å². The Balaban J connectivity index is 0.00000480. The fourth-order valence-electron chi connectivity index (χ4n) is 3.42. The van der Waals surface area contributed by atoms with Crippen LogP contribution in [0.1, 0.15) is 26.3 Å². The van der Waals surface area contributed by atoms with Gasteiger partial charge < -0.3 is 24.8 Å². The van der Waals surface area contributed by atoms with Crippen LogP contribution in [0.4, 0.5) is 8.78 Å². The van der Waals surface area contributed by atoms with Crippen molar-refractivity contribution in [3.8, 4) is 11.5 Å². The number of nitrogens with zero attached hydrogens (tertiary/aromatic N) is 2. The van der Waals surface area contributed by atoms with Crippen LogP contribution < -0.4 is 20.1 Å². The number of hydrogen-bond donors (Lipinski definition) is 2. The number of rotatable bonds is 10. The molecule has 0 saturated carbocycles. The Morgan fingerprint density at radius 1 is 1.23 bits per heavy atom. The second-order valence-electron chi connectivity index (χ2n) is 7.39. The number of hydrogen-bond acceptors (Lipinski definition) is 5. The summed E-state index contributed by atoms with van der Waals surface area (Å²) in [7, 11) is 1.53. The molecule has 0 bridgehead atoms. The molecule has 1 aromatic carbocycles. The first kappa shape index (κ1) is 27.6. The Morgan fingerprint density at radius 2 is 1.94 bits per heavy atom. The van der Waals surface area contributed by atoms with Gasteiger partial charge in [-0.2, -0.15) is 8.78 Å². The van der Waals surface area contributed by atoms with E-state index in [1.165, 1.54) is 13.2 Å². The van der Waals surface area contributed by atoms with E-state index in [2.05, 4.69) is 39.1 Å². The number of methoxy groups -OCH3 is 1. The van der Waals surface area contributed by atoms with Crippen molar-refractivity contribution in [1.29, 1.82) is 0 Å². The van der Waals surface area contributed by atoms with Gasteiger partial charge in [0.15, 0.2) is 5.96 Å². The molecular formula is C21H35F2IN4O3. The summed E-state index contributed by atoms with van der Waals surface area (Å²) in [6.07, 6.45) is 0. The summed E-state index contributed by atoms with van der Waals surface area (Å²) in [6, 6.07) is 5.07. The zero-order valence-electron chi connectivity index (χ0n) is 18.7. The minimum absolute atomic E-state index is 0. The third kappa shape index (κ3) is 9.32. The summed E-state index contributed by atoms with van der Waals surface area (Å²) in [6.45, 7) is 8.41. The first-order chi connectivity index (χ1) is 14.4. The smallest absolute Gasteiger partial charge is 0.387 e. The van der Waals surface area contributed by atoms with Crippen LogP contribution >= 0.6 is 24.0 Å². The Hall–Kier alpha value is -1.40. The third-order valence-corrected chi connectivity index (χ3v) is 5.00. The normalized spacial score (nSPS) is 16.1. The van der Waals surface area contributed by atoms with Crippen molar-refractivity contribution >= 4 is 29.9 Å². The molecule has 1 aromatic rings. The number of morpholine rings is 1. The average Bonchev–Trinajstić information content (AvgIpc) is 2.73. The molecule has 0 aromatic heterocycles. The maximum Gasteiger partial charge on any atom is 0.387 e. The number of alkyl halides is 2. The molecule has 1 atom stereocenters. The van der Waals surface area contributed by atoms with Crippen molar-refractivity contribution in [2.45, 2.75) is 40.0 Å². The topological polar surface area (TPSA) is 67.4 Å². The fourth-order valence-corrected chi connectivity index (χ4v) is 3.42. The van der Waals surface area contributed by atoms with E-state index in [1.54, 1.807) is 12.1 Å². The lowest BCUT2D eigenvalue weighted by molar-refractivity contribution is -0.0504. The van der Waals surface area contributed by atoms with Gasteiger partial charge in [0.05, 0.1) is 26.9 Å². The molecule has 0 aliphatic carbocycles. The van der Waals surface area contributed by atoms with Crippen molar-refractivity contribution in [1.82, 2.24) is 15.5 Å². The summed E-state index contributed by atoms with van der Waals surface area (Å²) < 4.78 is 40.8. The lowest BCUT2D eigenvalue weighted by Gasteiger charge is -2.37. The molecule has 1 heterocycles. The highest BCUT2D eigenvalue weighted by molar-refractivity contribution is 14.0. The van der Waals surface area contributed by atoms with Crippen LogP contribution in [-0.4, -0.2) is 70.0 Å². The molecule has 2 N–H and O–H groups in total. The maximum absolute atomic E-state index is 12.7. The average molecular weight is 556 g/mol. The van der Waals surface area contributed by atoms with Gasteiger partial charge >= 0.3 is 6.61 Å². The van der Waals surface area contributed by atoms with E-state index in [1.807, 2.05) is 6.92 Å². The summed E-state index contributed by atoms with van der Waals surface area (Å²) in [4.78, 5) is 7.01. The van der Waals surface area contributed by atoms with Gasteiger partial charge in [-0.1, -0.05) is 13.8 Å². The molecule has 1 aliphatic rings. The summed E-state index contributed by atoms with van der Waals surface area (Å²) in [5.74, 6) is 1.75. The van der Waals surface area contributed by atoms with E-state index in [9.17, 15) is 8.78 Å². The molecule has 2 rings (SSSR count). The molecule has 0 spiro atoms. The van der Waals surface area contributed by atoms with Gasteiger partial charge in [0, 0.05) is 37.8 Å². The van der Waals surface area contributed by atoms with Gasteiger partial charge in [-0.15, -0.1) is 24.0 Å². The monoisotopic (exact) mass is 556 g/mol. The van der Waals surface area contributed by atoms with Crippen LogP contribution in [-0.2, 0) is 11.3 Å². The van der Waals surface area contributed by atoms with Crippen molar-refractivity contribution < 1.29 is 23.0 Å². The quantitative estimate of drug-likeness (QED) is 0.262. The van der Waals surface area contributed by atoms with Gasteiger partial charge in [0.25, 0.3) is 0 Å².